The van der Waals surface area contributed by atoms with Crippen molar-refractivity contribution in [3.8, 4) is 16.2 Å². The van der Waals surface area contributed by atoms with Gasteiger partial charge in [-0.1, -0.05) is 30.3 Å². The summed E-state index contributed by atoms with van der Waals surface area (Å²) in [5, 5.41) is 2.18. The average molecular weight is 262 g/mol. The van der Waals surface area contributed by atoms with E-state index in [-0.39, 0.29) is 0 Å². The van der Waals surface area contributed by atoms with Crippen molar-refractivity contribution in [3.63, 3.8) is 0 Å². The SMILES string of the molecule is Cc1csc(-c2ccccc2)c1O[Si](C)(C)C. The van der Waals surface area contributed by atoms with E-state index in [1.807, 2.05) is 6.07 Å². The zero-order valence-corrected chi connectivity index (χ0v) is 12.6. The quantitative estimate of drug-likeness (QED) is 0.712. The molecule has 0 atom stereocenters. The third-order valence-corrected chi connectivity index (χ3v) is 4.31. The van der Waals surface area contributed by atoms with Crippen LogP contribution in [-0.4, -0.2) is 8.32 Å². The predicted octanol–water partition coefficient (Wildman–Crippen LogP) is 4.94. The van der Waals surface area contributed by atoms with Gasteiger partial charge < -0.3 is 4.43 Å². The zero-order chi connectivity index (χ0) is 12.5. The lowest BCUT2D eigenvalue weighted by molar-refractivity contribution is 0.558. The van der Waals surface area contributed by atoms with Crippen LogP contribution < -0.4 is 4.43 Å². The molecular formula is C14H18OSSi. The molecule has 1 aromatic carbocycles. The first-order valence-corrected chi connectivity index (χ1v) is 10.1. The van der Waals surface area contributed by atoms with Crippen molar-refractivity contribution in [2.45, 2.75) is 26.6 Å². The summed E-state index contributed by atoms with van der Waals surface area (Å²) < 4.78 is 6.21. The summed E-state index contributed by atoms with van der Waals surface area (Å²) in [7, 11) is -1.55. The normalized spacial score (nSPS) is 11.5. The lowest BCUT2D eigenvalue weighted by Gasteiger charge is -2.20. The third-order valence-electron chi connectivity index (χ3n) is 2.36. The molecule has 0 aliphatic rings. The van der Waals surface area contributed by atoms with Crippen LogP contribution in [0.5, 0.6) is 5.75 Å². The maximum atomic E-state index is 6.21. The highest BCUT2D eigenvalue weighted by molar-refractivity contribution is 7.14. The van der Waals surface area contributed by atoms with Gasteiger partial charge in [-0.05, 0) is 37.5 Å². The van der Waals surface area contributed by atoms with Gasteiger partial charge in [0.05, 0.1) is 4.88 Å². The second kappa shape index (κ2) is 4.67. The molecule has 1 aromatic heterocycles. The van der Waals surface area contributed by atoms with Crippen LogP contribution in [0.25, 0.3) is 10.4 Å². The summed E-state index contributed by atoms with van der Waals surface area (Å²) in [6, 6.07) is 10.5. The van der Waals surface area contributed by atoms with E-state index in [9.17, 15) is 0 Å². The smallest absolute Gasteiger partial charge is 0.242 e. The number of hydrogen-bond donors (Lipinski definition) is 0. The minimum Gasteiger partial charge on any atom is -0.543 e. The molecule has 1 nitrogen and oxygen atoms in total. The maximum absolute atomic E-state index is 6.21. The van der Waals surface area contributed by atoms with Gasteiger partial charge in [0, 0.05) is 5.56 Å². The molecule has 90 valence electrons. The third kappa shape index (κ3) is 2.99. The van der Waals surface area contributed by atoms with Crippen LogP contribution in [-0.2, 0) is 0 Å². The number of benzene rings is 1. The van der Waals surface area contributed by atoms with E-state index in [0.717, 1.165) is 5.75 Å². The van der Waals surface area contributed by atoms with Gasteiger partial charge in [-0.2, -0.15) is 0 Å². The van der Waals surface area contributed by atoms with Crippen molar-refractivity contribution in [1.82, 2.24) is 0 Å². The van der Waals surface area contributed by atoms with Gasteiger partial charge in [0.25, 0.3) is 0 Å². The highest BCUT2D eigenvalue weighted by Gasteiger charge is 2.21. The number of thiophene rings is 1. The number of hydrogen-bond acceptors (Lipinski definition) is 2. The molecule has 0 spiro atoms. The van der Waals surface area contributed by atoms with E-state index in [4.69, 9.17) is 4.43 Å². The molecule has 1 heterocycles. The Morgan fingerprint density at radius 3 is 2.29 bits per heavy atom. The zero-order valence-electron chi connectivity index (χ0n) is 10.8. The van der Waals surface area contributed by atoms with Crippen molar-refractivity contribution < 1.29 is 4.43 Å². The fraction of sp³-hybridized carbons (Fsp3) is 0.286. The van der Waals surface area contributed by atoms with E-state index in [0.29, 0.717) is 0 Å². The first-order valence-electron chi connectivity index (χ1n) is 5.80. The van der Waals surface area contributed by atoms with Gasteiger partial charge in [-0.15, -0.1) is 11.3 Å². The van der Waals surface area contributed by atoms with Crippen molar-refractivity contribution in [1.29, 1.82) is 0 Å². The molecule has 0 saturated heterocycles. The van der Waals surface area contributed by atoms with Gasteiger partial charge in [0.1, 0.15) is 5.75 Å². The summed E-state index contributed by atoms with van der Waals surface area (Å²) >= 11 is 1.77. The monoisotopic (exact) mass is 262 g/mol. The van der Waals surface area contributed by atoms with Crippen LogP contribution in [0.4, 0.5) is 0 Å². The number of aryl methyl sites for hydroxylation is 1. The fourth-order valence-corrected chi connectivity index (χ4v) is 3.59. The molecule has 2 rings (SSSR count). The summed E-state index contributed by atoms with van der Waals surface area (Å²) in [5.41, 5.74) is 2.50. The second-order valence-electron chi connectivity index (χ2n) is 5.16. The molecule has 2 aromatic rings. The Bertz CT molecular complexity index is 497. The van der Waals surface area contributed by atoms with Crippen molar-refractivity contribution in [2.75, 3.05) is 0 Å². The molecule has 0 aliphatic carbocycles. The molecular weight excluding hydrogens is 244 g/mol. The molecule has 3 heteroatoms. The highest BCUT2D eigenvalue weighted by Crippen LogP contribution is 2.39. The minimum atomic E-state index is -1.55. The minimum absolute atomic E-state index is 1.08. The Morgan fingerprint density at radius 1 is 1.06 bits per heavy atom. The first kappa shape index (κ1) is 12.4. The van der Waals surface area contributed by atoms with E-state index < -0.39 is 8.32 Å². The fourth-order valence-electron chi connectivity index (χ4n) is 1.66. The van der Waals surface area contributed by atoms with Crippen LogP contribution >= 0.6 is 11.3 Å². The lowest BCUT2D eigenvalue weighted by atomic mass is 10.1. The van der Waals surface area contributed by atoms with Crippen LogP contribution in [0.1, 0.15) is 5.56 Å². The molecule has 0 fully saturated rings. The average Bonchev–Trinajstić information content (AvgIpc) is 2.60. The molecule has 0 saturated carbocycles. The topological polar surface area (TPSA) is 9.23 Å². The summed E-state index contributed by atoms with van der Waals surface area (Å²) in [4.78, 5) is 1.26. The van der Waals surface area contributed by atoms with Gasteiger partial charge in [-0.3, -0.25) is 0 Å². The highest BCUT2D eigenvalue weighted by atomic mass is 32.1. The lowest BCUT2D eigenvalue weighted by Crippen LogP contribution is -2.29. The summed E-state index contributed by atoms with van der Waals surface area (Å²) in [5.74, 6) is 1.08. The molecule has 0 N–H and O–H groups in total. The van der Waals surface area contributed by atoms with E-state index in [2.05, 4.69) is 56.2 Å². The number of rotatable bonds is 3. The van der Waals surface area contributed by atoms with E-state index in [1.165, 1.54) is 16.0 Å². The van der Waals surface area contributed by atoms with Crippen LogP contribution in [0.2, 0.25) is 19.6 Å². The van der Waals surface area contributed by atoms with Crippen molar-refractivity contribution >= 4 is 19.7 Å². The molecule has 0 unspecified atom stereocenters. The summed E-state index contributed by atoms with van der Waals surface area (Å²) in [6.07, 6.45) is 0. The molecule has 0 amide bonds. The van der Waals surface area contributed by atoms with Gasteiger partial charge in [0.15, 0.2) is 0 Å². The van der Waals surface area contributed by atoms with Crippen LogP contribution in [0, 0.1) is 6.92 Å². The Kier molecular flexibility index (Phi) is 3.40. The summed E-state index contributed by atoms with van der Waals surface area (Å²) in [6.45, 7) is 8.79. The van der Waals surface area contributed by atoms with Gasteiger partial charge in [-0.25, -0.2) is 0 Å². The molecule has 17 heavy (non-hydrogen) atoms. The largest absolute Gasteiger partial charge is 0.543 e. The first-order chi connectivity index (χ1) is 7.97. The van der Waals surface area contributed by atoms with E-state index in [1.54, 1.807) is 11.3 Å². The Balaban J connectivity index is 2.43. The molecule has 0 radical (unpaired) electrons. The molecule has 0 bridgehead atoms. The van der Waals surface area contributed by atoms with E-state index >= 15 is 0 Å². The standard InChI is InChI=1S/C14H18OSSi/c1-11-10-16-14(12-8-6-5-7-9-12)13(11)15-17(2,3)4/h5-10H,1-4H3. The van der Waals surface area contributed by atoms with Crippen LogP contribution in [0.3, 0.4) is 0 Å². The van der Waals surface area contributed by atoms with Crippen LogP contribution in [0.15, 0.2) is 35.7 Å². The van der Waals surface area contributed by atoms with Gasteiger partial charge in [0.2, 0.25) is 8.32 Å². The maximum Gasteiger partial charge on any atom is 0.242 e. The Hall–Kier alpha value is -1.06. The molecule has 0 aliphatic heterocycles. The Morgan fingerprint density at radius 2 is 1.71 bits per heavy atom. The second-order valence-corrected chi connectivity index (χ2v) is 10.5. The van der Waals surface area contributed by atoms with Gasteiger partial charge >= 0.3 is 0 Å². The van der Waals surface area contributed by atoms with Crippen molar-refractivity contribution in [2.24, 2.45) is 0 Å². The Labute approximate surface area is 108 Å². The van der Waals surface area contributed by atoms with Crippen molar-refractivity contribution in [3.05, 3.63) is 41.3 Å². The predicted molar refractivity (Wildman–Crippen MR) is 78.5 cm³/mol.